The molecule has 5 heteroatoms. The highest BCUT2D eigenvalue weighted by Crippen LogP contribution is 2.34. The van der Waals surface area contributed by atoms with Crippen LogP contribution in [0.4, 0.5) is 0 Å². The lowest BCUT2D eigenvalue weighted by Gasteiger charge is -2.24. The molecular formula is C14H17BrN2OS. The third kappa shape index (κ3) is 3.44. The minimum absolute atomic E-state index is 0.228. The zero-order valence-electron chi connectivity index (χ0n) is 10.9. The Morgan fingerprint density at radius 2 is 2.16 bits per heavy atom. The van der Waals surface area contributed by atoms with Gasteiger partial charge in [-0.15, -0.1) is 11.8 Å². The van der Waals surface area contributed by atoms with Gasteiger partial charge >= 0.3 is 0 Å². The number of nitrogens with two attached hydrogens (primary N) is 1. The van der Waals surface area contributed by atoms with Gasteiger partial charge in [-0.05, 0) is 31.2 Å². The van der Waals surface area contributed by atoms with Gasteiger partial charge < -0.3 is 10.5 Å². The second-order valence-corrected chi connectivity index (χ2v) is 6.71. The fraction of sp³-hybridized carbons (Fsp3) is 0.500. The third-order valence-electron chi connectivity index (χ3n) is 3.48. The summed E-state index contributed by atoms with van der Waals surface area (Å²) >= 11 is 4.99. The first-order valence-electron chi connectivity index (χ1n) is 6.27. The van der Waals surface area contributed by atoms with Crippen LogP contribution in [0.5, 0.6) is 5.75 Å². The minimum atomic E-state index is -0.228. The lowest BCUT2D eigenvalue weighted by molar-refractivity contribution is 0.219. The van der Waals surface area contributed by atoms with Crippen LogP contribution < -0.4 is 10.5 Å². The average Bonchev–Trinajstić information content (AvgIpc) is 2.83. The summed E-state index contributed by atoms with van der Waals surface area (Å²) in [5.74, 6) is 0.623. The number of halogens is 1. The SMILES string of the molecule is CSc1cc(Br)cc(OCC2(N)CCCC2)c1C#N. The van der Waals surface area contributed by atoms with E-state index in [0.717, 1.165) is 22.2 Å². The van der Waals surface area contributed by atoms with Crippen LogP contribution >= 0.6 is 27.7 Å². The number of ether oxygens (including phenoxy) is 1. The van der Waals surface area contributed by atoms with Gasteiger partial charge in [0.2, 0.25) is 0 Å². The van der Waals surface area contributed by atoms with Crippen LogP contribution in [-0.2, 0) is 0 Å². The average molecular weight is 341 g/mol. The molecule has 0 aromatic heterocycles. The van der Waals surface area contributed by atoms with Gasteiger partial charge in [0.25, 0.3) is 0 Å². The van der Waals surface area contributed by atoms with Crippen LogP contribution in [0.1, 0.15) is 31.2 Å². The molecule has 0 saturated heterocycles. The van der Waals surface area contributed by atoms with E-state index in [9.17, 15) is 5.26 Å². The summed E-state index contributed by atoms with van der Waals surface area (Å²) < 4.78 is 6.77. The van der Waals surface area contributed by atoms with Gasteiger partial charge in [0.05, 0.1) is 5.54 Å². The number of hydrogen-bond donors (Lipinski definition) is 1. The molecule has 0 bridgehead atoms. The van der Waals surface area contributed by atoms with Crippen LogP contribution in [0.15, 0.2) is 21.5 Å². The van der Waals surface area contributed by atoms with E-state index in [4.69, 9.17) is 10.5 Å². The minimum Gasteiger partial charge on any atom is -0.490 e. The molecule has 1 fully saturated rings. The maximum absolute atomic E-state index is 9.29. The van der Waals surface area contributed by atoms with Gasteiger partial charge in [-0.3, -0.25) is 0 Å². The molecule has 2 rings (SSSR count). The molecule has 1 aromatic carbocycles. The van der Waals surface area contributed by atoms with Gasteiger partial charge in [0.1, 0.15) is 24.0 Å². The second kappa shape index (κ2) is 6.17. The Balaban J connectivity index is 2.20. The fourth-order valence-electron chi connectivity index (χ4n) is 2.39. The van der Waals surface area contributed by atoms with Crippen molar-refractivity contribution in [2.75, 3.05) is 12.9 Å². The smallest absolute Gasteiger partial charge is 0.139 e. The van der Waals surface area contributed by atoms with Crippen LogP contribution in [0, 0.1) is 11.3 Å². The summed E-state index contributed by atoms with van der Waals surface area (Å²) in [6.45, 7) is 0.478. The van der Waals surface area contributed by atoms with Gasteiger partial charge in [-0.1, -0.05) is 28.8 Å². The summed E-state index contributed by atoms with van der Waals surface area (Å²) in [5.41, 5.74) is 6.65. The fourth-order valence-corrected chi connectivity index (χ4v) is 3.57. The van der Waals surface area contributed by atoms with Crippen LogP contribution in [0.2, 0.25) is 0 Å². The highest BCUT2D eigenvalue weighted by molar-refractivity contribution is 9.10. The molecule has 0 heterocycles. The normalized spacial score (nSPS) is 17.2. The molecular weight excluding hydrogens is 324 g/mol. The Bertz CT molecular complexity index is 507. The molecule has 3 nitrogen and oxygen atoms in total. The first-order valence-corrected chi connectivity index (χ1v) is 8.29. The Kier molecular flexibility index (Phi) is 4.77. The highest BCUT2D eigenvalue weighted by atomic mass is 79.9. The molecule has 1 aliphatic rings. The predicted molar refractivity (Wildman–Crippen MR) is 81.5 cm³/mol. The summed E-state index contributed by atoms with van der Waals surface area (Å²) in [6.07, 6.45) is 6.28. The largest absolute Gasteiger partial charge is 0.490 e. The first kappa shape index (κ1) is 14.7. The van der Waals surface area contributed by atoms with Gasteiger partial charge in [0, 0.05) is 9.37 Å². The van der Waals surface area contributed by atoms with E-state index in [1.807, 2.05) is 18.4 Å². The molecule has 1 aromatic rings. The summed E-state index contributed by atoms with van der Waals surface area (Å²) in [5, 5.41) is 9.29. The Morgan fingerprint density at radius 1 is 1.47 bits per heavy atom. The van der Waals surface area contributed by atoms with Gasteiger partial charge in [0.15, 0.2) is 0 Å². The zero-order chi connectivity index (χ0) is 13.9. The van der Waals surface area contributed by atoms with E-state index in [-0.39, 0.29) is 5.54 Å². The van der Waals surface area contributed by atoms with Crippen molar-refractivity contribution in [3.8, 4) is 11.8 Å². The molecule has 1 saturated carbocycles. The topological polar surface area (TPSA) is 59.0 Å². The van der Waals surface area contributed by atoms with Crippen molar-refractivity contribution < 1.29 is 4.74 Å². The van der Waals surface area contributed by atoms with Crippen LogP contribution in [0.3, 0.4) is 0 Å². The van der Waals surface area contributed by atoms with Crippen molar-refractivity contribution in [3.63, 3.8) is 0 Å². The van der Waals surface area contributed by atoms with E-state index in [0.29, 0.717) is 17.9 Å². The van der Waals surface area contributed by atoms with Crippen molar-refractivity contribution in [1.82, 2.24) is 0 Å². The first-order chi connectivity index (χ1) is 9.08. The number of nitrogens with zero attached hydrogens (tertiary/aromatic N) is 1. The quantitative estimate of drug-likeness (QED) is 0.849. The standard InChI is InChI=1S/C14H17BrN2OS/c1-19-13-7-10(15)6-12(11(13)8-16)18-9-14(17)4-2-3-5-14/h6-7H,2-5,9,17H2,1H3. The van der Waals surface area contributed by atoms with Crippen molar-refractivity contribution >= 4 is 27.7 Å². The molecule has 0 amide bonds. The zero-order valence-corrected chi connectivity index (χ0v) is 13.3. The lowest BCUT2D eigenvalue weighted by atomic mass is 10.0. The number of rotatable bonds is 4. The number of thioether (sulfide) groups is 1. The van der Waals surface area contributed by atoms with E-state index >= 15 is 0 Å². The van der Waals surface area contributed by atoms with E-state index < -0.39 is 0 Å². The maximum Gasteiger partial charge on any atom is 0.139 e. The van der Waals surface area contributed by atoms with Gasteiger partial charge in [-0.2, -0.15) is 5.26 Å². The van der Waals surface area contributed by atoms with Gasteiger partial charge in [-0.25, -0.2) is 0 Å². The molecule has 0 unspecified atom stereocenters. The Hall–Kier alpha value is -0.700. The third-order valence-corrected chi connectivity index (χ3v) is 4.70. The van der Waals surface area contributed by atoms with E-state index in [1.165, 1.54) is 12.8 Å². The molecule has 0 spiro atoms. The van der Waals surface area contributed by atoms with Crippen LogP contribution in [0.25, 0.3) is 0 Å². The molecule has 0 aliphatic heterocycles. The molecule has 0 radical (unpaired) electrons. The Morgan fingerprint density at radius 3 is 2.74 bits per heavy atom. The predicted octanol–water partition coefficient (Wildman–Crippen LogP) is 3.69. The second-order valence-electron chi connectivity index (χ2n) is 4.95. The monoisotopic (exact) mass is 340 g/mol. The van der Waals surface area contributed by atoms with E-state index in [1.54, 1.807) is 11.8 Å². The van der Waals surface area contributed by atoms with Crippen molar-refractivity contribution in [2.45, 2.75) is 36.1 Å². The highest BCUT2D eigenvalue weighted by Gasteiger charge is 2.30. The van der Waals surface area contributed by atoms with Crippen molar-refractivity contribution in [2.24, 2.45) is 5.73 Å². The maximum atomic E-state index is 9.29. The molecule has 102 valence electrons. The number of hydrogen-bond acceptors (Lipinski definition) is 4. The van der Waals surface area contributed by atoms with E-state index in [2.05, 4.69) is 22.0 Å². The molecule has 2 N–H and O–H groups in total. The van der Waals surface area contributed by atoms with Crippen LogP contribution in [-0.4, -0.2) is 18.4 Å². The van der Waals surface area contributed by atoms with Crippen molar-refractivity contribution in [1.29, 1.82) is 5.26 Å². The molecule has 19 heavy (non-hydrogen) atoms. The number of benzene rings is 1. The lowest BCUT2D eigenvalue weighted by Crippen LogP contribution is -2.42. The Labute approximate surface area is 126 Å². The van der Waals surface area contributed by atoms with Crippen molar-refractivity contribution in [3.05, 3.63) is 22.2 Å². The molecule has 1 aliphatic carbocycles. The number of nitriles is 1. The summed E-state index contributed by atoms with van der Waals surface area (Å²) in [7, 11) is 0. The molecule has 0 atom stereocenters. The summed E-state index contributed by atoms with van der Waals surface area (Å²) in [4.78, 5) is 0.921. The summed E-state index contributed by atoms with van der Waals surface area (Å²) in [6, 6.07) is 6.00.